The Morgan fingerprint density at radius 1 is 1.35 bits per heavy atom. The molecule has 3 N–H and O–H groups in total. The van der Waals surface area contributed by atoms with Crippen LogP contribution in [-0.2, 0) is 19.8 Å². The second-order valence-corrected chi connectivity index (χ2v) is 5.63. The van der Waals surface area contributed by atoms with Crippen LogP contribution in [0.15, 0.2) is 23.8 Å². The smallest absolute Gasteiger partial charge is 0.322 e. The monoisotopic (exact) mass is 314 g/mol. The van der Waals surface area contributed by atoms with E-state index in [1.807, 2.05) is 6.07 Å². The van der Waals surface area contributed by atoms with Gasteiger partial charge in [-0.15, -0.1) is 0 Å². The average Bonchev–Trinajstić information content (AvgIpc) is 2.51. The molecule has 0 bridgehead atoms. The van der Waals surface area contributed by atoms with Crippen molar-refractivity contribution in [1.82, 2.24) is 5.32 Å². The van der Waals surface area contributed by atoms with Crippen LogP contribution in [0, 0.1) is 11.3 Å². The number of nitrogens with one attached hydrogen (secondary N) is 1. The molecular formula is C16H14N2O5. The summed E-state index contributed by atoms with van der Waals surface area (Å²) in [7, 11) is 0. The van der Waals surface area contributed by atoms with Gasteiger partial charge in [-0.25, -0.2) is 0 Å². The predicted octanol–water partition coefficient (Wildman–Crippen LogP) is 0.888. The Hall–Kier alpha value is -3.14. The fourth-order valence-electron chi connectivity index (χ4n) is 2.49. The molecule has 0 fully saturated rings. The molecule has 0 spiro atoms. The van der Waals surface area contributed by atoms with Crippen LogP contribution >= 0.6 is 0 Å². The minimum absolute atomic E-state index is 0.217. The zero-order valence-electron chi connectivity index (χ0n) is 12.5. The third-order valence-electron chi connectivity index (χ3n) is 3.74. The van der Waals surface area contributed by atoms with Crippen LogP contribution in [0.25, 0.3) is 5.76 Å². The van der Waals surface area contributed by atoms with E-state index in [9.17, 15) is 19.5 Å². The van der Waals surface area contributed by atoms with E-state index in [0.29, 0.717) is 5.56 Å². The van der Waals surface area contributed by atoms with Gasteiger partial charge in [-0.1, -0.05) is 6.07 Å². The van der Waals surface area contributed by atoms with E-state index in [1.54, 1.807) is 19.9 Å². The molecule has 7 heteroatoms. The highest BCUT2D eigenvalue weighted by Crippen LogP contribution is 2.39. The number of aliphatic carboxylic acids is 1. The normalized spacial score (nSPS) is 15.6. The molecule has 0 heterocycles. The van der Waals surface area contributed by atoms with Gasteiger partial charge >= 0.3 is 5.97 Å². The molecule has 23 heavy (non-hydrogen) atoms. The molecule has 118 valence electrons. The number of ketones is 1. The molecule has 0 aromatic heterocycles. The second kappa shape index (κ2) is 5.57. The lowest BCUT2D eigenvalue weighted by atomic mass is 9.70. The summed E-state index contributed by atoms with van der Waals surface area (Å²) < 4.78 is 0. The zero-order chi connectivity index (χ0) is 17.4. The summed E-state index contributed by atoms with van der Waals surface area (Å²) in [4.78, 5) is 35.2. The quantitative estimate of drug-likeness (QED) is 0.711. The maximum absolute atomic E-state index is 12.6. The number of benzene rings is 1. The van der Waals surface area contributed by atoms with Gasteiger partial charge in [0.05, 0.1) is 17.0 Å². The number of aliphatic hydroxyl groups is 1. The van der Waals surface area contributed by atoms with Crippen molar-refractivity contribution in [1.29, 1.82) is 5.26 Å². The van der Waals surface area contributed by atoms with Crippen molar-refractivity contribution < 1.29 is 24.6 Å². The summed E-state index contributed by atoms with van der Waals surface area (Å²) >= 11 is 0. The number of nitriles is 1. The molecule has 0 atom stereocenters. The third-order valence-corrected chi connectivity index (χ3v) is 3.74. The first-order valence-corrected chi connectivity index (χ1v) is 6.73. The standard InChI is InChI=1S/C16H14N2O5/c1-16(2)10-4-3-8(6-17)5-9(10)13(21)12(14(16)22)15(23)18-7-11(19)20/h3-5,21H,7H2,1-2H3,(H,18,23)(H,19,20). The molecule has 2 rings (SSSR count). The van der Waals surface area contributed by atoms with Crippen molar-refractivity contribution in [3.05, 3.63) is 40.5 Å². The molecule has 1 aliphatic carbocycles. The van der Waals surface area contributed by atoms with Crippen molar-refractivity contribution in [3.8, 4) is 6.07 Å². The van der Waals surface area contributed by atoms with Crippen molar-refractivity contribution in [2.45, 2.75) is 19.3 Å². The van der Waals surface area contributed by atoms with Gasteiger partial charge in [0.15, 0.2) is 5.78 Å². The van der Waals surface area contributed by atoms with E-state index in [0.717, 1.165) is 0 Å². The summed E-state index contributed by atoms with van der Waals surface area (Å²) in [5, 5.41) is 30.0. The van der Waals surface area contributed by atoms with Crippen LogP contribution in [0.4, 0.5) is 0 Å². The lowest BCUT2D eigenvalue weighted by molar-refractivity contribution is -0.138. The molecule has 0 radical (unpaired) electrons. The number of carboxylic acid groups (broad SMARTS) is 1. The Balaban J connectivity index is 2.61. The van der Waals surface area contributed by atoms with E-state index >= 15 is 0 Å². The number of nitrogens with zero attached hydrogens (tertiary/aromatic N) is 1. The van der Waals surface area contributed by atoms with Crippen molar-refractivity contribution in [3.63, 3.8) is 0 Å². The minimum atomic E-state index is -1.27. The van der Waals surface area contributed by atoms with Crippen LogP contribution in [0.5, 0.6) is 0 Å². The highest BCUT2D eigenvalue weighted by Gasteiger charge is 2.43. The molecule has 0 aliphatic heterocycles. The molecule has 1 aromatic rings. The second-order valence-electron chi connectivity index (χ2n) is 5.63. The molecule has 7 nitrogen and oxygen atoms in total. The number of carbonyl (C=O) groups is 3. The summed E-state index contributed by atoms with van der Waals surface area (Å²) in [5.41, 5.74) is -0.613. The topological polar surface area (TPSA) is 127 Å². The highest BCUT2D eigenvalue weighted by molar-refractivity contribution is 6.28. The van der Waals surface area contributed by atoms with Gasteiger partial charge in [-0.05, 0) is 31.5 Å². The third kappa shape index (κ3) is 2.66. The zero-order valence-corrected chi connectivity index (χ0v) is 12.5. The number of Topliss-reactive ketones (excluding diaryl/α,β-unsaturated/α-hetero) is 1. The van der Waals surface area contributed by atoms with Gasteiger partial charge in [-0.3, -0.25) is 14.4 Å². The Labute approximate surface area is 131 Å². The lowest BCUT2D eigenvalue weighted by Crippen LogP contribution is -2.42. The minimum Gasteiger partial charge on any atom is -0.506 e. The van der Waals surface area contributed by atoms with Crippen LogP contribution in [0.2, 0.25) is 0 Å². The van der Waals surface area contributed by atoms with E-state index in [2.05, 4.69) is 5.32 Å². The van der Waals surface area contributed by atoms with Gasteiger partial charge in [0.1, 0.15) is 17.9 Å². The number of amides is 1. The fourth-order valence-corrected chi connectivity index (χ4v) is 2.49. The summed E-state index contributed by atoms with van der Waals surface area (Å²) in [6.07, 6.45) is 0. The summed E-state index contributed by atoms with van der Waals surface area (Å²) in [6, 6.07) is 6.40. The van der Waals surface area contributed by atoms with E-state index in [4.69, 9.17) is 10.4 Å². The first kappa shape index (κ1) is 16.2. The van der Waals surface area contributed by atoms with Gasteiger partial charge in [0, 0.05) is 5.56 Å². The Morgan fingerprint density at radius 2 is 2.00 bits per heavy atom. The molecule has 0 saturated heterocycles. The fraction of sp³-hybridized carbons (Fsp3) is 0.250. The SMILES string of the molecule is CC1(C)C(=O)C(C(=O)NCC(=O)O)=C(O)c2cc(C#N)ccc21. The maximum Gasteiger partial charge on any atom is 0.322 e. The molecule has 0 unspecified atom stereocenters. The molecule has 1 aromatic carbocycles. The number of carboxylic acids is 1. The van der Waals surface area contributed by atoms with Crippen molar-refractivity contribution in [2.24, 2.45) is 0 Å². The highest BCUT2D eigenvalue weighted by atomic mass is 16.4. The Morgan fingerprint density at radius 3 is 2.57 bits per heavy atom. The lowest BCUT2D eigenvalue weighted by Gasteiger charge is -2.31. The van der Waals surface area contributed by atoms with Crippen LogP contribution < -0.4 is 5.32 Å². The summed E-state index contributed by atoms with van der Waals surface area (Å²) in [5.74, 6) is -3.40. The summed E-state index contributed by atoms with van der Waals surface area (Å²) in [6.45, 7) is 2.52. The maximum atomic E-state index is 12.6. The number of carbonyl (C=O) groups excluding carboxylic acids is 2. The average molecular weight is 314 g/mol. The predicted molar refractivity (Wildman–Crippen MR) is 79.4 cm³/mol. The first-order chi connectivity index (χ1) is 10.7. The van der Waals surface area contributed by atoms with E-state index in [1.165, 1.54) is 12.1 Å². The van der Waals surface area contributed by atoms with Gasteiger partial charge in [-0.2, -0.15) is 5.26 Å². The number of aliphatic hydroxyl groups excluding tert-OH is 1. The number of fused-ring (bicyclic) bond motifs is 1. The van der Waals surface area contributed by atoms with Gasteiger partial charge < -0.3 is 15.5 Å². The van der Waals surface area contributed by atoms with E-state index in [-0.39, 0.29) is 11.1 Å². The van der Waals surface area contributed by atoms with Crippen molar-refractivity contribution in [2.75, 3.05) is 6.54 Å². The van der Waals surface area contributed by atoms with Crippen molar-refractivity contribution >= 4 is 23.4 Å². The van der Waals surface area contributed by atoms with Gasteiger partial charge in [0.2, 0.25) is 0 Å². The Kier molecular flexibility index (Phi) is 3.93. The van der Waals surface area contributed by atoms with E-state index < -0.39 is 41.0 Å². The van der Waals surface area contributed by atoms with Crippen LogP contribution in [-0.4, -0.2) is 34.4 Å². The molecular weight excluding hydrogens is 300 g/mol. The largest absolute Gasteiger partial charge is 0.506 e. The molecule has 1 aliphatic rings. The molecule has 1 amide bonds. The number of hydrogen-bond donors (Lipinski definition) is 3. The van der Waals surface area contributed by atoms with Gasteiger partial charge in [0.25, 0.3) is 5.91 Å². The number of rotatable bonds is 3. The first-order valence-electron chi connectivity index (χ1n) is 6.73. The number of hydrogen-bond acceptors (Lipinski definition) is 5. The Bertz CT molecular complexity index is 799. The van der Waals surface area contributed by atoms with Crippen LogP contribution in [0.3, 0.4) is 0 Å². The molecule has 0 saturated carbocycles. The van der Waals surface area contributed by atoms with Crippen LogP contribution in [0.1, 0.15) is 30.5 Å².